The molecule has 1 aromatic rings. The highest BCUT2D eigenvalue weighted by molar-refractivity contribution is 9.10. The van der Waals surface area contributed by atoms with Crippen LogP contribution in [0.1, 0.15) is 51.0 Å². The summed E-state index contributed by atoms with van der Waals surface area (Å²) in [5.41, 5.74) is 1.18. The number of hydrogen-bond acceptors (Lipinski definition) is 2. The summed E-state index contributed by atoms with van der Waals surface area (Å²) in [4.78, 5) is 0. The summed E-state index contributed by atoms with van der Waals surface area (Å²) in [5, 5.41) is 9.36. The van der Waals surface area contributed by atoms with Crippen LogP contribution in [0.2, 0.25) is 0 Å². The molecule has 1 aliphatic rings. The van der Waals surface area contributed by atoms with Gasteiger partial charge in [0.05, 0.1) is 12.2 Å². The fourth-order valence-electron chi connectivity index (χ4n) is 2.91. The number of benzene rings is 1. The van der Waals surface area contributed by atoms with Crippen molar-refractivity contribution >= 4 is 15.9 Å². The largest absolute Gasteiger partial charge is 0.490 e. The third kappa shape index (κ3) is 4.49. The van der Waals surface area contributed by atoms with Crippen LogP contribution in [-0.4, -0.2) is 17.3 Å². The first kappa shape index (κ1) is 15.8. The smallest absolute Gasteiger partial charge is 0.123 e. The molecule has 1 atom stereocenters. The molecule has 1 fully saturated rings. The Hall–Kier alpha value is -0.540. The Balaban J connectivity index is 1.81. The Labute approximate surface area is 130 Å². The van der Waals surface area contributed by atoms with E-state index < -0.39 is 0 Å². The van der Waals surface area contributed by atoms with Gasteiger partial charge in [-0.05, 0) is 70.4 Å². The number of hydrogen-bond donors (Lipinski definition) is 1. The van der Waals surface area contributed by atoms with Gasteiger partial charge < -0.3 is 9.84 Å². The molecule has 3 heteroatoms. The number of aliphatic hydroxyl groups is 1. The van der Waals surface area contributed by atoms with E-state index in [1.165, 1.54) is 18.4 Å². The lowest BCUT2D eigenvalue weighted by molar-refractivity contribution is 0.116. The van der Waals surface area contributed by atoms with Crippen LogP contribution in [0.3, 0.4) is 0 Å². The van der Waals surface area contributed by atoms with E-state index in [9.17, 15) is 5.11 Å². The standard InChI is InChI=1S/C17H25BrO2/c1-12(19)6-7-14-8-10-15(11-9-14)20-17-5-3-4-16(18)13(17)2/h3-5,12,14-15,19H,6-11H2,1-2H3/t12?,14-,15-. The molecule has 20 heavy (non-hydrogen) atoms. The van der Waals surface area contributed by atoms with Crippen molar-refractivity contribution in [3.63, 3.8) is 0 Å². The lowest BCUT2D eigenvalue weighted by Gasteiger charge is -2.29. The van der Waals surface area contributed by atoms with Crippen molar-refractivity contribution in [2.45, 2.75) is 64.6 Å². The van der Waals surface area contributed by atoms with Gasteiger partial charge in [-0.1, -0.05) is 22.0 Å². The summed E-state index contributed by atoms with van der Waals surface area (Å²) >= 11 is 3.55. The third-order valence-electron chi connectivity index (χ3n) is 4.30. The van der Waals surface area contributed by atoms with Gasteiger partial charge in [0.1, 0.15) is 5.75 Å². The molecule has 0 radical (unpaired) electrons. The van der Waals surface area contributed by atoms with Crippen molar-refractivity contribution in [3.05, 3.63) is 28.2 Å². The molecule has 1 aromatic carbocycles. The minimum absolute atomic E-state index is 0.159. The predicted octanol–water partition coefficient (Wildman–Crippen LogP) is 4.86. The number of rotatable bonds is 5. The summed E-state index contributed by atoms with van der Waals surface area (Å²) in [6.45, 7) is 3.97. The molecular formula is C17H25BrO2. The molecule has 1 saturated carbocycles. The molecule has 0 heterocycles. The van der Waals surface area contributed by atoms with Gasteiger partial charge in [0, 0.05) is 10.0 Å². The Morgan fingerprint density at radius 2 is 2.00 bits per heavy atom. The zero-order valence-electron chi connectivity index (χ0n) is 12.4. The van der Waals surface area contributed by atoms with Gasteiger partial charge in [0.15, 0.2) is 0 Å². The molecule has 1 N–H and O–H groups in total. The van der Waals surface area contributed by atoms with Gasteiger partial charge in [-0.15, -0.1) is 0 Å². The van der Waals surface area contributed by atoms with Crippen molar-refractivity contribution in [2.24, 2.45) is 5.92 Å². The average Bonchev–Trinajstić information content (AvgIpc) is 2.43. The van der Waals surface area contributed by atoms with Gasteiger partial charge in [-0.25, -0.2) is 0 Å². The normalized spacial score (nSPS) is 24.4. The lowest BCUT2D eigenvalue weighted by atomic mass is 9.84. The van der Waals surface area contributed by atoms with Crippen LogP contribution in [0.4, 0.5) is 0 Å². The molecule has 2 rings (SSSR count). The first-order chi connectivity index (χ1) is 9.56. The van der Waals surface area contributed by atoms with Gasteiger partial charge in [0.2, 0.25) is 0 Å². The molecule has 0 saturated heterocycles. The number of aliphatic hydroxyl groups excluding tert-OH is 1. The molecule has 0 bridgehead atoms. The number of halogens is 1. The Morgan fingerprint density at radius 3 is 2.65 bits per heavy atom. The van der Waals surface area contributed by atoms with Crippen LogP contribution in [0.5, 0.6) is 5.75 Å². The van der Waals surface area contributed by atoms with E-state index in [0.29, 0.717) is 6.10 Å². The highest BCUT2D eigenvalue weighted by Crippen LogP contribution is 2.33. The van der Waals surface area contributed by atoms with Crippen LogP contribution >= 0.6 is 15.9 Å². The molecule has 0 spiro atoms. The number of ether oxygens (including phenoxy) is 1. The van der Waals surface area contributed by atoms with Crippen molar-refractivity contribution in [2.75, 3.05) is 0 Å². The zero-order chi connectivity index (χ0) is 14.5. The fraction of sp³-hybridized carbons (Fsp3) is 0.647. The monoisotopic (exact) mass is 340 g/mol. The highest BCUT2D eigenvalue weighted by Gasteiger charge is 2.23. The predicted molar refractivity (Wildman–Crippen MR) is 86.2 cm³/mol. The second-order valence-corrected chi connectivity index (χ2v) is 6.90. The van der Waals surface area contributed by atoms with Crippen LogP contribution in [0, 0.1) is 12.8 Å². The minimum Gasteiger partial charge on any atom is -0.490 e. The molecule has 2 nitrogen and oxygen atoms in total. The van der Waals surface area contributed by atoms with Gasteiger partial charge in [-0.2, -0.15) is 0 Å². The Kier molecular flexibility index (Phi) is 5.91. The first-order valence-electron chi connectivity index (χ1n) is 7.66. The van der Waals surface area contributed by atoms with Crippen molar-refractivity contribution in [3.8, 4) is 5.75 Å². The molecule has 0 aliphatic heterocycles. The zero-order valence-corrected chi connectivity index (χ0v) is 14.0. The van der Waals surface area contributed by atoms with E-state index in [2.05, 4.69) is 35.0 Å². The summed E-state index contributed by atoms with van der Waals surface area (Å²) in [7, 11) is 0. The van der Waals surface area contributed by atoms with Crippen molar-refractivity contribution < 1.29 is 9.84 Å². The summed E-state index contributed by atoms with van der Waals surface area (Å²) in [6, 6.07) is 6.13. The molecule has 1 unspecified atom stereocenters. The maximum Gasteiger partial charge on any atom is 0.123 e. The second-order valence-electron chi connectivity index (χ2n) is 6.05. The topological polar surface area (TPSA) is 29.5 Å². The highest BCUT2D eigenvalue weighted by atomic mass is 79.9. The quantitative estimate of drug-likeness (QED) is 0.829. The van der Waals surface area contributed by atoms with E-state index in [1.807, 2.05) is 13.0 Å². The van der Waals surface area contributed by atoms with E-state index in [-0.39, 0.29) is 6.10 Å². The Morgan fingerprint density at radius 1 is 1.30 bits per heavy atom. The van der Waals surface area contributed by atoms with E-state index >= 15 is 0 Å². The van der Waals surface area contributed by atoms with Crippen LogP contribution in [0.15, 0.2) is 22.7 Å². The summed E-state index contributed by atoms with van der Waals surface area (Å²) in [6.07, 6.45) is 7.00. The SMILES string of the molecule is Cc1c(Br)cccc1O[C@H]1CC[C@H](CCC(C)O)CC1. The maximum absolute atomic E-state index is 9.36. The van der Waals surface area contributed by atoms with Crippen LogP contribution < -0.4 is 4.74 Å². The van der Waals surface area contributed by atoms with E-state index in [4.69, 9.17) is 4.74 Å². The van der Waals surface area contributed by atoms with Crippen LogP contribution in [0.25, 0.3) is 0 Å². The van der Waals surface area contributed by atoms with Gasteiger partial charge in [0.25, 0.3) is 0 Å². The second kappa shape index (κ2) is 7.46. The van der Waals surface area contributed by atoms with Crippen molar-refractivity contribution in [1.29, 1.82) is 0 Å². The third-order valence-corrected chi connectivity index (χ3v) is 5.16. The average molecular weight is 341 g/mol. The van der Waals surface area contributed by atoms with Gasteiger partial charge >= 0.3 is 0 Å². The summed E-state index contributed by atoms with van der Waals surface area (Å²) in [5.74, 6) is 1.78. The lowest BCUT2D eigenvalue weighted by Crippen LogP contribution is -2.24. The van der Waals surface area contributed by atoms with E-state index in [1.54, 1.807) is 0 Å². The Bertz CT molecular complexity index is 423. The molecule has 0 aromatic heterocycles. The molecule has 112 valence electrons. The van der Waals surface area contributed by atoms with Crippen molar-refractivity contribution in [1.82, 2.24) is 0 Å². The molecule has 0 amide bonds. The van der Waals surface area contributed by atoms with E-state index in [0.717, 1.165) is 41.8 Å². The first-order valence-corrected chi connectivity index (χ1v) is 8.45. The van der Waals surface area contributed by atoms with Gasteiger partial charge in [-0.3, -0.25) is 0 Å². The summed E-state index contributed by atoms with van der Waals surface area (Å²) < 4.78 is 7.27. The minimum atomic E-state index is -0.159. The fourth-order valence-corrected chi connectivity index (χ4v) is 3.26. The maximum atomic E-state index is 9.36. The van der Waals surface area contributed by atoms with Crippen LogP contribution in [-0.2, 0) is 0 Å². The molecule has 1 aliphatic carbocycles. The molecular weight excluding hydrogens is 316 g/mol.